The number of hydrazine groups is 1. The molecule has 0 aromatic carbocycles. The Morgan fingerprint density at radius 2 is 2.29 bits per heavy atom. The molecule has 7 heavy (non-hydrogen) atoms. The largest absolute Gasteiger partial charge is 0.403 e. The molecule has 0 radical (unpaired) electrons. The molecular formula is C4H11N3. The molecule has 0 aliphatic rings. The third kappa shape index (κ3) is 3.12. The summed E-state index contributed by atoms with van der Waals surface area (Å²) in [5, 5.41) is 0. The number of hydrogen-bond donors (Lipinski definition) is 3. The van der Waals surface area contributed by atoms with E-state index >= 15 is 0 Å². The number of rotatable bonds is 2. The number of allylic oxidation sites excluding steroid dienone is 1. The van der Waals surface area contributed by atoms with E-state index in [0.29, 0.717) is 0 Å². The second-order valence-electron chi connectivity index (χ2n) is 1.22. The van der Waals surface area contributed by atoms with Crippen molar-refractivity contribution in [1.82, 2.24) is 10.9 Å². The van der Waals surface area contributed by atoms with Crippen molar-refractivity contribution in [2.45, 2.75) is 6.92 Å². The highest BCUT2D eigenvalue weighted by Crippen LogP contribution is 1.73. The van der Waals surface area contributed by atoms with Gasteiger partial charge >= 0.3 is 0 Å². The van der Waals surface area contributed by atoms with Crippen LogP contribution in [0.25, 0.3) is 0 Å². The molecule has 0 rings (SSSR count). The van der Waals surface area contributed by atoms with Crippen molar-refractivity contribution in [2.24, 2.45) is 5.73 Å². The predicted octanol–water partition coefficient (Wildman–Crippen LogP) is -0.470. The summed E-state index contributed by atoms with van der Waals surface area (Å²) in [5.74, 6) is 0. The van der Waals surface area contributed by atoms with Crippen LogP contribution in [0.15, 0.2) is 11.9 Å². The Labute approximate surface area is 43.6 Å². The maximum atomic E-state index is 5.09. The maximum Gasteiger partial charge on any atom is 0.0385 e. The minimum absolute atomic E-state index is 0.919. The molecule has 0 saturated carbocycles. The summed E-state index contributed by atoms with van der Waals surface area (Å²) < 4.78 is 0. The van der Waals surface area contributed by atoms with E-state index in [4.69, 9.17) is 5.73 Å². The Morgan fingerprint density at radius 3 is 2.43 bits per heavy atom. The molecule has 4 N–H and O–H groups in total. The standard InChI is InChI=1S/C4H11N3/c1-4(3-5)7-6-2/h3,6-7H,5H2,1-2H3/b4-3-. The van der Waals surface area contributed by atoms with Gasteiger partial charge in [-0.3, -0.25) is 0 Å². The van der Waals surface area contributed by atoms with Crippen LogP contribution in [0.1, 0.15) is 6.92 Å². The average molecular weight is 101 g/mol. The lowest BCUT2D eigenvalue weighted by molar-refractivity contribution is 0.688. The molecular weight excluding hydrogens is 90.1 g/mol. The lowest BCUT2D eigenvalue weighted by Gasteiger charge is -1.99. The number of nitrogens with one attached hydrogen (secondary N) is 2. The van der Waals surface area contributed by atoms with Gasteiger partial charge in [0.15, 0.2) is 0 Å². The van der Waals surface area contributed by atoms with E-state index < -0.39 is 0 Å². The summed E-state index contributed by atoms with van der Waals surface area (Å²) in [6.07, 6.45) is 1.50. The van der Waals surface area contributed by atoms with Gasteiger partial charge in [0.1, 0.15) is 0 Å². The van der Waals surface area contributed by atoms with Gasteiger partial charge in [0.05, 0.1) is 0 Å². The van der Waals surface area contributed by atoms with Gasteiger partial charge in [-0.05, 0) is 6.92 Å². The van der Waals surface area contributed by atoms with Gasteiger partial charge in [-0.2, -0.15) is 0 Å². The van der Waals surface area contributed by atoms with Crippen LogP contribution in [0, 0.1) is 0 Å². The van der Waals surface area contributed by atoms with E-state index in [1.54, 1.807) is 7.05 Å². The van der Waals surface area contributed by atoms with Crippen molar-refractivity contribution >= 4 is 0 Å². The first-order valence-electron chi connectivity index (χ1n) is 2.12. The van der Waals surface area contributed by atoms with Gasteiger partial charge in [0.2, 0.25) is 0 Å². The highest BCUT2D eigenvalue weighted by atomic mass is 15.3. The molecule has 3 heteroatoms. The molecule has 0 unspecified atom stereocenters. The zero-order valence-corrected chi connectivity index (χ0v) is 4.65. The minimum Gasteiger partial charge on any atom is -0.403 e. The molecule has 0 saturated heterocycles. The maximum absolute atomic E-state index is 5.09. The van der Waals surface area contributed by atoms with Gasteiger partial charge in [0, 0.05) is 18.9 Å². The summed E-state index contributed by atoms with van der Waals surface area (Å²) in [6.45, 7) is 1.87. The normalized spacial score (nSPS) is 11.4. The van der Waals surface area contributed by atoms with Gasteiger partial charge in [0.25, 0.3) is 0 Å². The molecule has 0 spiro atoms. The Hall–Kier alpha value is -0.700. The van der Waals surface area contributed by atoms with E-state index in [2.05, 4.69) is 10.9 Å². The van der Waals surface area contributed by atoms with Crippen molar-refractivity contribution in [3.63, 3.8) is 0 Å². The van der Waals surface area contributed by atoms with Crippen LogP contribution in [0.2, 0.25) is 0 Å². The molecule has 0 aliphatic heterocycles. The second-order valence-corrected chi connectivity index (χ2v) is 1.22. The third-order valence-electron chi connectivity index (χ3n) is 0.572. The molecule has 0 atom stereocenters. The topological polar surface area (TPSA) is 50.1 Å². The molecule has 0 amide bonds. The first-order valence-corrected chi connectivity index (χ1v) is 2.12. The fraction of sp³-hybridized carbons (Fsp3) is 0.500. The molecule has 0 aliphatic carbocycles. The zero-order valence-electron chi connectivity index (χ0n) is 4.65. The van der Waals surface area contributed by atoms with Crippen LogP contribution < -0.4 is 16.6 Å². The molecule has 0 aromatic rings. The minimum atomic E-state index is 0.919. The van der Waals surface area contributed by atoms with Gasteiger partial charge in [-0.25, -0.2) is 5.43 Å². The second kappa shape index (κ2) is 3.49. The first kappa shape index (κ1) is 6.30. The number of hydrogen-bond acceptors (Lipinski definition) is 3. The fourth-order valence-corrected chi connectivity index (χ4v) is 0.239. The van der Waals surface area contributed by atoms with Crippen LogP contribution in [0.3, 0.4) is 0 Å². The smallest absolute Gasteiger partial charge is 0.0385 e. The zero-order chi connectivity index (χ0) is 5.70. The SMILES string of the molecule is CNN/C(C)=C\N. The molecule has 3 nitrogen and oxygen atoms in total. The van der Waals surface area contributed by atoms with E-state index in [1.165, 1.54) is 6.20 Å². The van der Waals surface area contributed by atoms with Crippen LogP contribution in [0.5, 0.6) is 0 Å². The lowest BCUT2D eigenvalue weighted by atomic mass is 10.6. The molecule has 42 valence electrons. The first-order chi connectivity index (χ1) is 3.31. The van der Waals surface area contributed by atoms with E-state index in [1.807, 2.05) is 6.92 Å². The molecule has 0 bridgehead atoms. The summed E-state index contributed by atoms with van der Waals surface area (Å²) >= 11 is 0. The van der Waals surface area contributed by atoms with Crippen LogP contribution in [0.4, 0.5) is 0 Å². The third-order valence-corrected chi connectivity index (χ3v) is 0.572. The highest BCUT2D eigenvalue weighted by Gasteiger charge is 1.74. The van der Waals surface area contributed by atoms with Crippen molar-refractivity contribution in [3.8, 4) is 0 Å². The van der Waals surface area contributed by atoms with Crippen molar-refractivity contribution < 1.29 is 0 Å². The molecule has 0 fully saturated rings. The Morgan fingerprint density at radius 1 is 1.71 bits per heavy atom. The van der Waals surface area contributed by atoms with E-state index in [-0.39, 0.29) is 0 Å². The van der Waals surface area contributed by atoms with Gasteiger partial charge < -0.3 is 11.2 Å². The van der Waals surface area contributed by atoms with Gasteiger partial charge in [-0.15, -0.1) is 0 Å². The lowest BCUT2D eigenvalue weighted by Crippen LogP contribution is -2.25. The van der Waals surface area contributed by atoms with Crippen LogP contribution in [-0.2, 0) is 0 Å². The number of nitrogens with two attached hydrogens (primary N) is 1. The monoisotopic (exact) mass is 101 g/mol. The quantitative estimate of drug-likeness (QED) is 0.412. The summed E-state index contributed by atoms with van der Waals surface area (Å²) in [7, 11) is 1.78. The summed E-state index contributed by atoms with van der Waals surface area (Å²) in [5.41, 5.74) is 11.5. The molecule has 0 heterocycles. The predicted molar refractivity (Wildman–Crippen MR) is 30.1 cm³/mol. The van der Waals surface area contributed by atoms with E-state index in [9.17, 15) is 0 Å². The summed E-state index contributed by atoms with van der Waals surface area (Å²) in [4.78, 5) is 0. The Bertz CT molecular complexity index is 67.3. The molecule has 0 aromatic heterocycles. The van der Waals surface area contributed by atoms with E-state index in [0.717, 1.165) is 5.70 Å². The van der Waals surface area contributed by atoms with Crippen molar-refractivity contribution in [3.05, 3.63) is 11.9 Å². The summed E-state index contributed by atoms with van der Waals surface area (Å²) in [6, 6.07) is 0. The Balaban J connectivity index is 3.17. The van der Waals surface area contributed by atoms with Crippen LogP contribution in [-0.4, -0.2) is 7.05 Å². The van der Waals surface area contributed by atoms with Crippen molar-refractivity contribution in [1.29, 1.82) is 0 Å². The van der Waals surface area contributed by atoms with Crippen LogP contribution >= 0.6 is 0 Å². The van der Waals surface area contributed by atoms with Crippen molar-refractivity contribution in [2.75, 3.05) is 7.05 Å². The Kier molecular flexibility index (Phi) is 3.14. The fourth-order valence-electron chi connectivity index (χ4n) is 0.239. The highest BCUT2D eigenvalue weighted by molar-refractivity contribution is 4.88. The van der Waals surface area contributed by atoms with Gasteiger partial charge in [-0.1, -0.05) is 0 Å². The average Bonchev–Trinajstić information content (AvgIpc) is 1.68.